The van der Waals surface area contributed by atoms with E-state index in [1.807, 2.05) is 29.6 Å². The molecule has 0 atom stereocenters. The van der Waals surface area contributed by atoms with Crippen LogP contribution >= 0.6 is 22.9 Å². The van der Waals surface area contributed by atoms with Crippen molar-refractivity contribution in [2.75, 3.05) is 5.43 Å². The molecule has 0 spiro atoms. The number of hydrogen-bond donors (Lipinski definition) is 1. The first-order valence-corrected chi connectivity index (χ1v) is 7.59. The molecule has 0 saturated heterocycles. The Morgan fingerprint density at radius 1 is 1.24 bits per heavy atom. The number of benzene rings is 1. The third-order valence-corrected chi connectivity index (χ3v) is 3.93. The van der Waals surface area contributed by atoms with E-state index in [1.54, 1.807) is 28.7 Å². The van der Waals surface area contributed by atoms with Crippen molar-refractivity contribution in [3.8, 4) is 5.75 Å². The van der Waals surface area contributed by atoms with Gasteiger partial charge in [0.25, 0.3) is 0 Å². The number of thiophene rings is 1. The van der Waals surface area contributed by atoms with E-state index >= 15 is 0 Å². The Morgan fingerprint density at radius 3 is 2.86 bits per heavy atom. The van der Waals surface area contributed by atoms with Crippen LogP contribution in [0.5, 0.6) is 5.75 Å². The van der Waals surface area contributed by atoms with E-state index in [0.717, 1.165) is 11.3 Å². The van der Waals surface area contributed by atoms with Gasteiger partial charge < -0.3 is 10.2 Å². The van der Waals surface area contributed by atoms with Crippen LogP contribution in [0.4, 0.5) is 0 Å². The standard InChI is InChI=1S/C14H13ClN4OS/c15-12-3-4-14(20-8-13-2-1-5-21-13)11(6-12)7-18-19-9-16-17-10-19/h1-6,9-10,18H,7-8H2. The molecular formula is C14H13ClN4OS. The largest absolute Gasteiger partial charge is 0.488 e. The van der Waals surface area contributed by atoms with E-state index in [-0.39, 0.29) is 0 Å². The molecule has 108 valence electrons. The van der Waals surface area contributed by atoms with Crippen molar-refractivity contribution in [3.63, 3.8) is 0 Å². The Balaban J connectivity index is 1.70. The second kappa shape index (κ2) is 6.60. The van der Waals surface area contributed by atoms with Gasteiger partial charge in [-0.2, -0.15) is 0 Å². The Hall–Kier alpha value is -2.05. The highest BCUT2D eigenvalue weighted by molar-refractivity contribution is 7.09. The van der Waals surface area contributed by atoms with E-state index in [4.69, 9.17) is 16.3 Å². The maximum atomic E-state index is 6.06. The molecule has 3 aromatic rings. The average molecular weight is 321 g/mol. The normalized spacial score (nSPS) is 10.5. The second-order valence-corrected chi connectivity index (χ2v) is 5.79. The molecule has 0 fully saturated rings. The van der Waals surface area contributed by atoms with E-state index in [1.165, 1.54) is 4.88 Å². The van der Waals surface area contributed by atoms with Crippen molar-refractivity contribution >= 4 is 22.9 Å². The zero-order chi connectivity index (χ0) is 14.5. The fraction of sp³-hybridized carbons (Fsp3) is 0.143. The molecule has 0 amide bonds. The van der Waals surface area contributed by atoms with Crippen molar-refractivity contribution < 1.29 is 4.74 Å². The fourth-order valence-electron chi connectivity index (χ4n) is 1.83. The molecule has 1 aromatic carbocycles. The van der Waals surface area contributed by atoms with Gasteiger partial charge in [-0.3, -0.25) is 0 Å². The summed E-state index contributed by atoms with van der Waals surface area (Å²) in [6, 6.07) is 9.67. The van der Waals surface area contributed by atoms with Crippen LogP contribution < -0.4 is 10.2 Å². The van der Waals surface area contributed by atoms with Gasteiger partial charge in [-0.25, -0.2) is 4.68 Å². The number of halogens is 1. The molecule has 0 bridgehead atoms. The Bertz CT molecular complexity index is 685. The van der Waals surface area contributed by atoms with Gasteiger partial charge in [0.1, 0.15) is 25.0 Å². The summed E-state index contributed by atoms with van der Waals surface area (Å²) in [5, 5.41) is 10.2. The van der Waals surface area contributed by atoms with Crippen LogP contribution in [0.3, 0.4) is 0 Å². The minimum absolute atomic E-state index is 0.554. The van der Waals surface area contributed by atoms with Gasteiger partial charge in [-0.1, -0.05) is 17.7 Å². The van der Waals surface area contributed by atoms with Gasteiger partial charge in [0, 0.05) is 15.5 Å². The summed E-state index contributed by atoms with van der Waals surface area (Å²) < 4.78 is 7.56. The maximum Gasteiger partial charge on any atom is 0.138 e. The van der Waals surface area contributed by atoms with Crippen molar-refractivity contribution in [1.29, 1.82) is 0 Å². The second-order valence-electron chi connectivity index (χ2n) is 4.32. The van der Waals surface area contributed by atoms with Gasteiger partial charge >= 0.3 is 0 Å². The number of nitrogens with zero attached hydrogens (tertiary/aromatic N) is 3. The van der Waals surface area contributed by atoms with Crippen LogP contribution in [-0.2, 0) is 13.2 Å². The number of rotatable bonds is 6. The number of aromatic nitrogens is 3. The highest BCUT2D eigenvalue weighted by Crippen LogP contribution is 2.24. The first-order chi connectivity index (χ1) is 10.3. The van der Waals surface area contributed by atoms with Crippen molar-refractivity contribution in [1.82, 2.24) is 14.9 Å². The number of nitrogens with one attached hydrogen (secondary N) is 1. The minimum atomic E-state index is 0.554. The van der Waals surface area contributed by atoms with E-state index in [9.17, 15) is 0 Å². The van der Waals surface area contributed by atoms with Crippen LogP contribution in [0.2, 0.25) is 5.02 Å². The van der Waals surface area contributed by atoms with Crippen LogP contribution in [0.1, 0.15) is 10.4 Å². The molecule has 5 nitrogen and oxygen atoms in total. The molecule has 0 radical (unpaired) electrons. The Morgan fingerprint density at radius 2 is 2.10 bits per heavy atom. The molecule has 2 heterocycles. The molecule has 0 saturated carbocycles. The average Bonchev–Trinajstić information content (AvgIpc) is 3.17. The predicted molar refractivity (Wildman–Crippen MR) is 83.2 cm³/mol. The molecule has 7 heteroatoms. The first kappa shape index (κ1) is 13.9. The number of ether oxygens (including phenoxy) is 1. The summed E-state index contributed by atoms with van der Waals surface area (Å²) in [7, 11) is 0. The summed E-state index contributed by atoms with van der Waals surface area (Å²) in [6.07, 6.45) is 3.19. The lowest BCUT2D eigenvalue weighted by atomic mass is 10.2. The lowest BCUT2D eigenvalue weighted by Crippen LogP contribution is -2.13. The van der Waals surface area contributed by atoms with E-state index < -0.39 is 0 Å². The Labute approximate surface area is 131 Å². The molecule has 0 aliphatic rings. The summed E-state index contributed by atoms with van der Waals surface area (Å²) in [4.78, 5) is 1.18. The molecule has 0 aliphatic heterocycles. The highest BCUT2D eigenvalue weighted by atomic mass is 35.5. The highest BCUT2D eigenvalue weighted by Gasteiger charge is 2.06. The summed E-state index contributed by atoms with van der Waals surface area (Å²) in [5.74, 6) is 0.813. The predicted octanol–water partition coefficient (Wildman–Crippen LogP) is 3.32. The Kier molecular flexibility index (Phi) is 4.37. The first-order valence-electron chi connectivity index (χ1n) is 6.33. The van der Waals surface area contributed by atoms with Gasteiger partial charge in [0.15, 0.2) is 0 Å². The van der Waals surface area contributed by atoms with Crippen LogP contribution in [0.15, 0.2) is 48.4 Å². The van der Waals surface area contributed by atoms with E-state index in [0.29, 0.717) is 18.2 Å². The maximum absolute atomic E-state index is 6.06. The smallest absolute Gasteiger partial charge is 0.138 e. The third kappa shape index (κ3) is 3.74. The van der Waals surface area contributed by atoms with Gasteiger partial charge in [0.05, 0.1) is 6.54 Å². The van der Waals surface area contributed by atoms with E-state index in [2.05, 4.69) is 21.7 Å². The van der Waals surface area contributed by atoms with Gasteiger partial charge in [-0.15, -0.1) is 21.5 Å². The topological polar surface area (TPSA) is 52.0 Å². The molecular weight excluding hydrogens is 308 g/mol. The van der Waals surface area contributed by atoms with Crippen LogP contribution in [0, 0.1) is 0 Å². The fourth-order valence-corrected chi connectivity index (χ4v) is 2.64. The monoisotopic (exact) mass is 320 g/mol. The van der Waals surface area contributed by atoms with Gasteiger partial charge in [-0.05, 0) is 29.6 Å². The summed E-state index contributed by atoms with van der Waals surface area (Å²) in [6.45, 7) is 1.12. The molecule has 0 unspecified atom stereocenters. The molecule has 1 N–H and O–H groups in total. The third-order valence-electron chi connectivity index (χ3n) is 2.84. The summed E-state index contributed by atoms with van der Waals surface area (Å²) >= 11 is 7.74. The molecule has 21 heavy (non-hydrogen) atoms. The lowest BCUT2D eigenvalue weighted by molar-refractivity contribution is 0.306. The quantitative estimate of drug-likeness (QED) is 0.757. The van der Waals surface area contributed by atoms with Crippen LogP contribution in [-0.4, -0.2) is 14.9 Å². The number of hydrogen-bond acceptors (Lipinski definition) is 5. The molecule has 0 aliphatic carbocycles. The SMILES string of the molecule is Clc1ccc(OCc2cccs2)c(CNn2cnnc2)c1. The molecule has 2 aromatic heterocycles. The van der Waals surface area contributed by atoms with Crippen LogP contribution in [0.25, 0.3) is 0 Å². The van der Waals surface area contributed by atoms with Crippen molar-refractivity contribution in [2.45, 2.75) is 13.2 Å². The van der Waals surface area contributed by atoms with Gasteiger partial charge in [0.2, 0.25) is 0 Å². The molecule has 3 rings (SSSR count). The lowest BCUT2D eigenvalue weighted by Gasteiger charge is -2.13. The summed E-state index contributed by atoms with van der Waals surface area (Å²) in [5.41, 5.74) is 4.14. The minimum Gasteiger partial charge on any atom is -0.488 e. The van der Waals surface area contributed by atoms with Crippen molar-refractivity contribution in [3.05, 3.63) is 63.8 Å². The van der Waals surface area contributed by atoms with Crippen molar-refractivity contribution in [2.24, 2.45) is 0 Å². The zero-order valence-corrected chi connectivity index (χ0v) is 12.6. The zero-order valence-electron chi connectivity index (χ0n) is 11.1.